The van der Waals surface area contributed by atoms with E-state index in [4.69, 9.17) is 5.73 Å². The van der Waals surface area contributed by atoms with Crippen molar-refractivity contribution in [3.8, 4) is 0 Å². The van der Waals surface area contributed by atoms with Crippen molar-refractivity contribution in [3.63, 3.8) is 0 Å². The highest BCUT2D eigenvalue weighted by atomic mass is 32.2. The Morgan fingerprint density at radius 2 is 1.95 bits per heavy atom. The normalized spacial score (nSPS) is 11.7. The molecule has 0 saturated carbocycles. The van der Waals surface area contributed by atoms with E-state index < -0.39 is 6.04 Å². The van der Waals surface area contributed by atoms with Crippen LogP contribution in [0, 0.1) is 0 Å². The molecule has 0 aromatic heterocycles. The van der Waals surface area contributed by atoms with E-state index in [2.05, 4.69) is 10.6 Å². The van der Waals surface area contributed by atoms with E-state index in [0.717, 1.165) is 5.75 Å². The minimum Gasteiger partial charge on any atom is -0.355 e. The Hall–Kier alpha value is -1.53. The van der Waals surface area contributed by atoms with Crippen molar-refractivity contribution in [2.45, 2.75) is 12.5 Å². The summed E-state index contributed by atoms with van der Waals surface area (Å²) in [5, 5.41) is 5.26. The largest absolute Gasteiger partial charge is 0.355 e. The van der Waals surface area contributed by atoms with Gasteiger partial charge in [-0.15, -0.1) is 0 Å². The van der Waals surface area contributed by atoms with Crippen LogP contribution in [0.15, 0.2) is 24.3 Å². The van der Waals surface area contributed by atoms with Gasteiger partial charge in [0.2, 0.25) is 5.91 Å². The van der Waals surface area contributed by atoms with Gasteiger partial charge < -0.3 is 16.4 Å². The molecule has 0 aliphatic rings. The van der Waals surface area contributed by atoms with Gasteiger partial charge in [-0.3, -0.25) is 9.59 Å². The summed E-state index contributed by atoms with van der Waals surface area (Å²) in [5.41, 5.74) is 6.95. The zero-order valence-corrected chi connectivity index (χ0v) is 11.9. The fourth-order valence-corrected chi connectivity index (χ4v) is 1.95. The molecular weight excluding hydrogens is 262 g/mol. The summed E-state index contributed by atoms with van der Waals surface area (Å²) in [4.78, 5) is 23.1. The maximum absolute atomic E-state index is 11.8. The van der Waals surface area contributed by atoms with Crippen molar-refractivity contribution in [2.75, 3.05) is 24.4 Å². The average Bonchev–Trinajstić information content (AvgIpc) is 2.44. The first kappa shape index (κ1) is 15.5. The lowest BCUT2D eigenvalue weighted by Crippen LogP contribution is -2.36. The van der Waals surface area contributed by atoms with E-state index in [1.54, 1.807) is 43.1 Å². The molecule has 0 unspecified atom stereocenters. The minimum absolute atomic E-state index is 0.158. The Bertz CT molecular complexity index is 434. The van der Waals surface area contributed by atoms with E-state index in [0.29, 0.717) is 17.7 Å². The number of nitrogens with two attached hydrogens (primary N) is 1. The predicted molar refractivity (Wildman–Crippen MR) is 79.4 cm³/mol. The fourth-order valence-electron chi connectivity index (χ4n) is 1.46. The number of amides is 2. The number of carbonyl (C=O) groups excluding carboxylic acids is 2. The molecule has 6 heteroatoms. The maximum Gasteiger partial charge on any atom is 0.251 e. The average molecular weight is 281 g/mol. The Morgan fingerprint density at radius 3 is 2.47 bits per heavy atom. The first-order chi connectivity index (χ1) is 9.08. The Kier molecular flexibility index (Phi) is 6.38. The van der Waals surface area contributed by atoms with Crippen molar-refractivity contribution in [1.82, 2.24) is 5.32 Å². The van der Waals surface area contributed by atoms with E-state index in [9.17, 15) is 9.59 Å². The second kappa shape index (κ2) is 7.81. The van der Waals surface area contributed by atoms with Crippen LogP contribution in [0.25, 0.3) is 0 Å². The number of anilines is 1. The molecular formula is C13H19N3O2S. The highest BCUT2D eigenvalue weighted by Gasteiger charge is 2.13. The molecule has 1 atom stereocenters. The second-order valence-electron chi connectivity index (χ2n) is 4.03. The second-order valence-corrected chi connectivity index (χ2v) is 5.02. The third kappa shape index (κ3) is 4.92. The van der Waals surface area contributed by atoms with Crippen LogP contribution >= 0.6 is 11.8 Å². The third-order valence-electron chi connectivity index (χ3n) is 2.61. The number of nitrogens with one attached hydrogen (secondary N) is 2. The summed E-state index contributed by atoms with van der Waals surface area (Å²) in [7, 11) is 1.57. The quantitative estimate of drug-likeness (QED) is 0.728. The smallest absolute Gasteiger partial charge is 0.251 e. The van der Waals surface area contributed by atoms with Crippen LogP contribution < -0.4 is 16.4 Å². The number of benzene rings is 1. The lowest BCUT2D eigenvalue weighted by Gasteiger charge is -2.11. The topological polar surface area (TPSA) is 84.2 Å². The highest BCUT2D eigenvalue weighted by molar-refractivity contribution is 7.98. The van der Waals surface area contributed by atoms with Crippen LogP contribution in [0.3, 0.4) is 0 Å². The highest BCUT2D eigenvalue weighted by Crippen LogP contribution is 2.10. The summed E-state index contributed by atoms with van der Waals surface area (Å²) in [5.74, 6) is 0.487. The molecule has 4 N–H and O–H groups in total. The van der Waals surface area contributed by atoms with Crippen molar-refractivity contribution in [2.24, 2.45) is 5.73 Å². The van der Waals surface area contributed by atoms with E-state index in [1.807, 2.05) is 6.26 Å². The van der Waals surface area contributed by atoms with E-state index in [1.165, 1.54) is 0 Å². The van der Waals surface area contributed by atoms with Crippen LogP contribution in [-0.4, -0.2) is 36.9 Å². The van der Waals surface area contributed by atoms with Crippen molar-refractivity contribution < 1.29 is 9.59 Å². The standard InChI is InChI=1S/C13H19N3O2S/c1-15-12(17)9-3-5-10(6-4-9)16-13(18)11(14)7-8-19-2/h3-6,11H,7-8,14H2,1-2H3,(H,15,17)(H,16,18)/t11-/m1/s1. The van der Waals surface area contributed by atoms with Gasteiger partial charge >= 0.3 is 0 Å². The zero-order valence-electron chi connectivity index (χ0n) is 11.1. The summed E-state index contributed by atoms with van der Waals surface area (Å²) in [6.45, 7) is 0. The SMILES string of the molecule is CNC(=O)c1ccc(NC(=O)[C@H](N)CCSC)cc1. The molecule has 1 aromatic carbocycles. The molecule has 0 aliphatic heterocycles. The van der Waals surface area contributed by atoms with Gasteiger partial charge in [0.05, 0.1) is 6.04 Å². The third-order valence-corrected chi connectivity index (χ3v) is 3.26. The van der Waals surface area contributed by atoms with Crippen LogP contribution in [0.1, 0.15) is 16.8 Å². The molecule has 0 spiro atoms. The number of carbonyl (C=O) groups is 2. The Morgan fingerprint density at radius 1 is 1.32 bits per heavy atom. The van der Waals surface area contributed by atoms with Crippen molar-refractivity contribution in [1.29, 1.82) is 0 Å². The van der Waals surface area contributed by atoms with Crippen molar-refractivity contribution >= 4 is 29.3 Å². The molecule has 19 heavy (non-hydrogen) atoms. The molecule has 0 aliphatic carbocycles. The van der Waals surface area contributed by atoms with Crippen LogP contribution in [-0.2, 0) is 4.79 Å². The van der Waals surface area contributed by atoms with Crippen LogP contribution in [0.2, 0.25) is 0 Å². The minimum atomic E-state index is -0.508. The molecule has 1 rings (SSSR count). The Balaban J connectivity index is 2.57. The van der Waals surface area contributed by atoms with Gasteiger partial charge in [0.25, 0.3) is 5.91 Å². The van der Waals surface area contributed by atoms with Gasteiger partial charge in [0, 0.05) is 18.3 Å². The van der Waals surface area contributed by atoms with E-state index in [-0.39, 0.29) is 11.8 Å². The zero-order chi connectivity index (χ0) is 14.3. The lowest BCUT2D eigenvalue weighted by molar-refractivity contribution is -0.117. The molecule has 0 fully saturated rings. The molecule has 104 valence electrons. The van der Waals surface area contributed by atoms with Gasteiger partial charge in [0.1, 0.15) is 0 Å². The Labute approximate surface area is 117 Å². The molecule has 1 aromatic rings. The molecule has 0 radical (unpaired) electrons. The summed E-state index contributed by atoms with van der Waals surface area (Å²) in [6, 6.07) is 6.17. The first-order valence-electron chi connectivity index (χ1n) is 5.96. The van der Waals surface area contributed by atoms with Gasteiger partial charge in [-0.1, -0.05) is 0 Å². The molecule has 0 saturated heterocycles. The maximum atomic E-state index is 11.8. The van der Waals surface area contributed by atoms with Crippen molar-refractivity contribution in [3.05, 3.63) is 29.8 Å². The van der Waals surface area contributed by atoms with Gasteiger partial charge in [-0.05, 0) is 42.7 Å². The molecule has 2 amide bonds. The monoisotopic (exact) mass is 281 g/mol. The molecule has 5 nitrogen and oxygen atoms in total. The van der Waals surface area contributed by atoms with Gasteiger partial charge in [0.15, 0.2) is 0 Å². The van der Waals surface area contributed by atoms with E-state index >= 15 is 0 Å². The van der Waals surface area contributed by atoms with Crippen LogP contribution in [0.5, 0.6) is 0 Å². The van der Waals surface area contributed by atoms with Crippen LogP contribution in [0.4, 0.5) is 5.69 Å². The number of thioether (sulfide) groups is 1. The molecule has 0 bridgehead atoms. The summed E-state index contributed by atoms with van der Waals surface area (Å²) in [6.07, 6.45) is 2.62. The summed E-state index contributed by atoms with van der Waals surface area (Å²) < 4.78 is 0. The fraction of sp³-hybridized carbons (Fsp3) is 0.385. The number of rotatable bonds is 6. The summed E-state index contributed by atoms with van der Waals surface area (Å²) >= 11 is 1.66. The van der Waals surface area contributed by atoms with Gasteiger partial charge in [-0.25, -0.2) is 0 Å². The predicted octanol–water partition coefficient (Wildman–Crippen LogP) is 1.07. The number of hydrogen-bond donors (Lipinski definition) is 3. The number of hydrogen-bond acceptors (Lipinski definition) is 4. The molecule has 0 heterocycles. The first-order valence-corrected chi connectivity index (χ1v) is 7.35. The van der Waals surface area contributed by atoms with Gasteiger partial charge in [-0.2, -0.15) is 11.8 Å². The lowest BCUT2D eigenvalue weighted by atomic mass is 10.2.